The summed E-state index contributed by atoms with van der Waals surface area (Å²) in [5, 5.41) is 3.10. The van der Waals surface area contributed by atoms with E-state index in [9.17, 15) is 0 Å². The summed E-state index contributed by atoms with van der Waals surface area (Å²) in [5.41, 5.74) is 2.35. The van der Waals surface area contributed by atoms with Crippen molar-refractivity contribution in [2.75, 3.05) is 14.2 Å². The second-order valence-electron chi connectivity index (χ2n) is 5.92. The molecule has 1 aromatic heterocycles. The molecule has 4 heteroatoms. The fourth-order valence-corrected chi connectivity index (χ4v) is 2.95. The normalized spacial score (nSPS) is 11.4. The molecule has 20 heavy (non-hydrogen) atoms. The fourth-order valence-electron chi connectivity index (χ4n) is 2.11. The van der Waals surface area contributed by atoms with Gasteiger partial charge in [0.05, 0.1) is 25.5 Å². The van der Waals surface area contributed by atoms with E-state index in [1.54, 1.807) is 25.6 Å². The Hall–Kier alpha value is -1.55. The molecule has 0 fully saturated rings. The van der Waals surface area contributed by atoms with Crippen molar-refractivity contribution in [1.82, 2.24) is 4.98 Å². The second kappa shape index (κ2) is 5.83. The molecule has 0 saturated heterocycles. The van der Waals surface area contributed by atoms with E-state index < -0.39 is 0 Å². The zero-order valence-corrected chi connectivity index (χ0v) is 13.5. The summed E-state index contributed by atoms with van der Waals surface area (Å²) in [5.74, 6) is 1.48. The topological polar surface area (TPSA) is 31.4 Å². The number of hydrogen-bond donors (Lipinski definition) is 0. The number of benzene rings is 1. The van der Waals surface area contributed by atoms with Gasteiger partial charge < -0.3 is 9.47 Å². The maximum absolute atomic E-state index is 5.47. The number of aromatic nitrogens is 1. The van der Waals surface area contributed by atoms with E-state index in [0.717, 1.165) is 34.2 Å². The Labute approximate surface area is 124 Å². The summed E-state index contributed by atoms with van der Waals surface area (Å²) >= 11 is 1.65. The van der Waals surface area contributed by atoms with E-state index in [1.807, 2.05) is 18.2 Å². The lowest BCUT2D eigenvalue weighted by Crippen LogP contribution is -2.09. The minimum absolute atomic E-state index is 0.240. The molecule has 0 spiro atoms. The highest BCUT2D eigenvalue weighted by molar-refractivity contribution is 7.13. The molecule has 1 aromatic carbocycles. The van der Waals surface area contributed by atoms with Crippen molar-refractivity contribution in [2.45, 2.75) is 27.2 Å². The van der Waals surface area contributed by atoms with Crippen LogP contribution in [0.5, 0.6) is 11.5 Å². The molecule has 0 N–H and O–H groups in total. The molecule has 0 aliphatic rings. The number of nitrogens with zero attached hydrogens (tertiary/aromatic N) is 1. The smallest absolute Gasteiger partial charge is 0.170 e. The van der Waals surface area contributed by atoms with Crippen LogP contribution in [0.2, 0.25) is 0 Å². The first-order valence-electron chi connectivity index (χ1n) is 6.60. The highest BCUT2D eigenvalue weighted by atomic mass is 32.1. The molecule has 2 rings (SSSR count). The van der Waals surface area contributed by atoms with Crippen molar-refractivity contribution in [3.63, 3.8) is 0 Å². The van der Waals surface area contributed by atoms with Gasteiger partial charge in [-0.3, -0.25) is 0 Å². The SMILES string of the molecule is COc1cccc(-c2nc(CC(C)(C)C)cs2)c1OC. The Balaban J connectivity index is 2.37. The molecular weight excluding hydrogens is 270 g/mol. The van der Waals surface area contributed by atoms with Crippen LogP contribution in [0.15, 0.2) is 23.6 Å². The second-order valence-corrected chi connectivity index (χ2v) is 6.78. The van der Waals surface area contributed by atoms with Gasteiger partial charge >= 0.3 is 0 Å². The van der Waals surface area contributed by atoms with E-state index in [0.29, 0.717) is 0 Å². The largest absolute Gasteiger partial charge is 0.493 e. The molecule has 1 heterocycles. The van der Waals surface area contributed by atoms with Crippen molar-refractivity contribution >= 4 is 11.3 Å². The van der Waals surface area contributed by atoms with Crippen molar-refractivity contribution < 1.29 is 9.47 Å². The Bertz CT molecular complexity index is 584. The predicted molar refractivity (Wildman–Crippen MR) is 83.8 cm³/mol. The third kappa shape index (κ3) is 3.31. The van der Waals surface area contributed by atoms with Crippen LogP contribution in [0.25, 0.3) is 10.6 Å². The summed E-state index contributed by atoms with van der Waals surface area (Å²) in [6.45, 7) is 6.66. The van der Waals surface area contributed by atoms with Gasteiger partial charge in [-0.2, -0.15) is 0 Å². The van der Waals surface area contributed by atoms with Crippen LogP contribution in [0.1, 0.15) is 26.5 Å². The molecule has 108 valence electrons. The van der Waals surface area contributed by atoms with Crippen LogP contribution >= 0.6 is 11.3 Å². The highest BCUT2D eigenvalue weighted by Crippen LogP contribution is 2.39. The predicted octanol–water partition coefficient (Wildman–Crippen LogP) is 4.42. The van der Waals surface area contributed by atoms with Gasteiger partial charge in [-0.1, -0.05) is 26.8 Å². The average molecular weight is 291 g/mol. The molecular formula is C16H21NO2S. The summed E-state index contributed by atoms with van der Waals surface area (Å²) in [4.78, 5) is 4.73. The van der Waals surface area contributed by atoms with Gasteiger partial charge in [0.15, 0.2) is 11.5 Å². The van der Waals surface area contributed by atoms with Gasteiger partial charge in [0.2, 0.25) is 0 Å². The molecule has 0 aliphatic heterocycles. The van der Waals surface area contributed by atoms with Gasteiger partial charge in [-0.25, -0.2) is 4.98 Å². The Morgan fingerprint density at radius 2 is 1.90 bits per heavy atom. The maximum atomic E-state index is 5.47. The van der Waals surface area contributed by atoms with Crippen molar-refractivity contribution in [3.05, 3.63) is 29.3 Å². The zero-order chi connectivity index (χ0) is 14.8. The van der Waals surface area contributed by atoms with E-state index in [4.69, 9.17) is 14.5 Å². The molecule has 0 aliphatic carbocycles. The molecule has 0 amide bonds. The first kappa shape index (κ1) is 14.9. The minimum atomic E-state index is 0.240. The Morgan fingerprint density at radius 3 is 2.50 bits per heavy atom. The molecule has 3 nitrogen and oxygen atoms in total. The van der Waals surface area contributed by atoms with E-state index in [2.05, 4.69) is 26.2 Å². The lowest BCUT2D eigenvalue weighted by Gasteiger charge is -2.15. The maximum Gasteiger partial charge on any atom is 0.170 e. The Morgan fingerprint density at radius 1 is 1.15 bits per heavy atom. The van der Waals surface area contributed by atoms with E-state index in [-0.39, 0.29) is 5.41 Å². The molecule has 0 saturated carbocycles. The molecule has 0 unspecified atom stereocenters. The number of methoxy groups -OCH3 is 2. The monoisotopic (exact) mass is 291 g/mol. The average Bonchev–Trinajstić information content (AvgIpc) is 2.83. The summed E-state index contributed by atoms with van der Waals surface area (Å²) < 4.78 is 10.8. The number of para-hydroxylation sites is 1. The number of thiazole rings is 1. The van der Waals surface area contributed by atoms with Crippen LogP contribution < -0.4 is 9.47 Å². The lowest BCUT2D eigenvalue weighted by molar-refractivity contribution is 0.356. The van der Waals surface area contributed by atoms with Gasteiger partial charge in [0, 0.05) is 5.38 Å². The quantitative estimate of drug-likeness (QED) is 0.836. The van der Waals surface area contributed by atoms with Crippen molar-refractivity contribution in [1.29, 1.82) is 0 Å². The van der Waals surface area contributed by atoms with Crippen molar-refractivity contribution in [3.8, 4) is 22.1 Å². The van der Waals surface area contributed by atoms with Crippen LogP contribution in [-0.4, -0.2) is 19.2 Å². The van der Waals surface area contributed by atoms with Gasteiger partial charge in [-0.15, -0.1) is 11.3 Å². The summed E-state index contributed by atoms with van der Waals surface area (Å²) in [7, 11) is 3.31. The van der Waals surface area contributed by atoms with Gasteiger partial charge in [0.1, 0.15) is 5.01 Å². The van der Waals surface area contributed by atoms with Crippen LogP contribution in [0.4, 0.5) is 0 Å². The minimum Gasteiger partial charge on any atom is -0.493 e. The highest BCUT2D eigenvalue weighted by Gasteiger charge is 2.17. The van der Waals surface area contributed by atoms with Gasteiger partial charge in [-0.05, 0) is 24.0 Å². The number of rotatable bonds is 4. The molecule has 0 radical (unpaired) electrons. The van der Waals surface area contributed by atoms with Crippen LogP contribution in [0, 0.1) is 5.41 Å². The number of hydrogen-bond acceptors (Lipinski definition) is 4. The third-order valence-electron chi connectivity index (χ3n) is 2.90. The molecule has 2 aromatic rings. The lowest BCUT2D eigenvalue weighted by atomic mass is 9.91. The van der Waals surface area contributed by atoms with Crippen LogP contribution in [-0.2, 0) is 6.42 Å². The molecule has 0 atom stereocenters. The summed E-state index contributed by atoms with van der Waals surface area (Å²) in [6, 6.07) is 5.87. The van der Waals surface area contributed by atoms with Gasteiger partial charge in [0.25, 0.3) is 0 Å². The van der Waals surface area contributed by atoms with Crippen molar-refractivity contribution in [2.24, 2.45) is 5.41 Å². The fraction of sp³-hybridized carbons (Fsp3) is 0.438. The van der Waals surface area contributed by atoms with E-state index >= 15 is 0 Å². The van der Waals surface area contributed by atoms with E-state index in [1.165, 1.54) is 0 Å². The zero-order valence-electron chi connectivity index (χ0n) is 12.7. The Kier molecular flexibility index (Phi) is 4.33. The standard InChI is InChI=1S/C16H21NO2S/c1-16(2,3)9-11-10-20-15(17-11)12-7-6-8-13(18-4)14(12)19-5/h6-8,10H,9H2,1-5H3. The first-order chi connectivity index (χ1) is 9.44. The van der Waals surface area contributed by atoms with Crippen LogP contribution in [0.3, 0.4) is 0 Å². The first-order valence-corrected chi connectivity index (χ1v) is 7.48. The summed E-state index contributed by atoms with van der Waals surface area (Å²) in [6.07, 6.45) is 0.968. The third-order valence-corrected chi connectivity index (χ3v) is 3.82. The molecule has 0 bridgehead atoms. The number of ether oxygens (including phenoxy) is 2.